The van der Waals surface area contributed by atoms with Crippen molar-refractivity contribution in [2.24, 2.45) is 0 Å². The fraction of sp³-hybridized carbons (Fsp3) is 0.889. The van der Waals surface area contributed by atoms with Crippen LogP contribution in [0.5, 0.6) is 0 Å². The minimum absolute atomic E-state index is 0.272. The summed E-state index contributed by atoms with van der Waals surface area (Å²) >= 11 is 1.15. The summed E-state index contributed by atoms with van der Waals surface area (Å²) in [4.78, 5) is 10.7. The third-order valence-corrected chi connectivity index (χ3v) is 3.91. The number of rotatable bonds is 5. The van der Waals surface area contributed by atoms with Crippen LogP contribution in [0, 0.1) is 0 Å². The van der Waals surface area contributed by atoms with Gasteiger partial charge in [-0.3, -0.25) is 10.1 Å². The molecule has 0 amide bonds. The molecule has 0 spiro atoms. The van der Waals surface area contributed by atoms with Gasteiger partial charge in [0.05, 0.1) is 11.5 Å². The van der Waals surface area contributed by atoms with Crippen LogP contribution in [0.15, 0.2) is 0 Å². The normalized spacial score (nSPS) is 31.8. The quantitative estimate of drug-likeness (QED) is 0.324. The number of nitrogens with one attached hydrogen (secondary N) is 1. The number of aliphatic hydroxyl groups is 4. The van der Waals surface area contributed by atoms with Crippen LogP contribution in [0.3, 0.4) is 0 Å². The monoisotopic (exact) mass is 267 g/mol. The Morgan fingerprint density at radius 2 is 1.88 bits per heavy atom. The number of carboxylic acids is 1. The Balaban J connectivity index is 2.54. The Bertz CT molecular complexity index is 276. The topological polar surface area (TPSA) is 130 Å². The lowest BCUT2D eigenvalue weighted by Gasteiger charge is -2.28. The molecule has 0 unspecified atom stereocenters. The van der Waals surface area contributed by atoms with E-state index in [-0.39, 0.29) is 5.75 Å². The molecule has 0 aliphatic carbocycles. The van der Waals surface area contributed by atoms with Crippen molar-refractivity contribution in [3.8, 4) is 0 Å². The van der Waals surface area contributed by atoms with E-state index in [9.17, 15) is 20.1 Å². The number of hydrogen-bond acceptors (Lipinski definition) is 7. The van der Waals surface area contributed by atoms with Crippen molar-refractivity contribution < 1.29 is 30.3 Å². The summed E-state index contributed by atoms with van der Waals surface area (Å²) < 4.78 is 0. The van der Waals surface area contributed by atoms with E-state index in [1.807, 2.05) is 0 Å². The van der Waals surface area contributed by atoms with Gasteiger partial charge in [-0.15, -0.1) is 11.8 Å². The second kappa shape index (κ2) is 5.98. The van der Waals surface area contributed by atoms with Crippen molar-refractivity contribution in [3.63, 3.8) is 0 Å². The molecule has 1 saturated heterocycles. The minimum Gasteiger partial charge on any atom is -0.480 e. The zero-order chi connectivity index (χ0) is 13.2. The van der Waals surface area contributed by atoms with Gasteiger partial charge in [0.1, 0.15) is 24.4 Å². The van der Waals surface area contributed by atoms with Gasteiger partial charge in [-0.2, -0.15) is 0 Å². The maximum atomic E-state index is 10.7. The molecule has 100 valence electrons. The van der Waals surface area contributed by atoms with Gasteiger partial charge in [-0.1, -0.05) is 0 Å². The van der Waals surface area contributed by atoms with E-state index in [4.69, 9.17) is 10.2 Å². The van der Waals surface area contributed by atoms with Gasteiger partial charge in [0, 0.05) is 5.75 Å². The van der Waals surface area contributed by atoms with Crippen molar-refractivity contribution in [1.29, 1.82) is 0 Å². The molecule has 8 heteroatoms. The first kappa shape index (κ1) is 14.7. The standard InChI is InChI=1S/C9H17NO6S/c1-3(11)5(12)6(13)7(14)8-10-4(2-17-8)9(15)16/h3-8,10-14H,2H2,1H3,(H,15,16)/t3-,4-,5-,6-,7+,8-/m0/s1. The Morgan fingerprint density at radius 3 is 2.29 bits per heavy atom. The van der Waals surface area contributed by atoms with E-state index < -0.39 is 41.8 Å². The van der Waals surface area contributed by atoms with Gasteiger partial charge in [0.25, 0.3) is 0 Å². The number of carbonyl (C=O) groups is 1. The zero-order valence-electron chi connectivity index (χ0n) is 9.22. The number of carboxylic acid groups (broad SMARTS) is 1. The Labute approximate surface area is 102 Å². The summed E-state index contributed by atoms with van der Waals surface area (Å²) in [6.45, 7) is 1.29. The van der Waals surface area contributed by atoms with E-state index >= 15 is 0 Å². The molecule has 0 radical (unpaired) electrons. The maximum absolute atomic E-state index is 10.7. The molecule has 0 saturated carbocycles. The number of hydrogen-bond donors (Lipinski definition) is 6. The Morgan fingerprint density at radius 1 is 1.29 bits per heavy atom. The van der Waals surface area contributed by atoms with E-state index in [0.717, 1.165) is 11.8 Å². The fourth-order valence-electron chi connectivity index (χ4n) is 1.50. The van der Waals surface area contributed by atoms with Gasteiger partial charge in [0.15, 0.2) is 0 Å². The van der Waals surface area contributed by atoms with Crippen LogP contribution in [-0.4, -0.2) is 73.1 Å². The predicted octanol–water partition coefficient (Wildman–Crippen LogP) is -2.43. The van der Waals surface area contributed by atoms with E-state index in [1.54, 1.807) is 0 Å². The summed E-state index contributed by atoms with van der Waals surface area (Å²) in [7, 11) is 0. The molecule has 0 bridgehead atoms. The molecule has 0 aromatic rings. The molecule has 6 N–H and O–H groups in total. The molecule has 1 aliphatic rings. The lowest BCUT2D eigenvalue weighted by molar-refractivity contribution is -0.139. The van der Waals surface area contributed by atoms with E-state index in [0.29, 0.717) is 0 Å². The Hall–Kier alpha value is -0.380. The molecule has 17 heavy (non-hydrogen) atoms. The van der Waals surface area contributed by atoms with Crippen molar-refractivity contribution in [1.82, 2.24) is 5.32 Å². The number of aliphatic hydroxyl groups excluding tert-OH is 4. The number of aliphatic carboxylic acids is 1. The summed E-state index contributed by atoms with van der Waals surface area (Å²) in [5, 5.41) is 48.5. The molecule has 1 rings (SSSR count). The maximum Gasteiger partial charge on any atom is 0.321 e. The summed E-state index contributed by atoms with van der Waals surface area (Å²) in [5.41, 5.74) is 0. The minimum atomic E-state index is -1.53. The molecule has 1 heterocycles. The van der Waals surface area contributed by atoms with E-state index in [2.05, 4.69) is 5.32 Å². The molecular weight excluding hydrogens is 250 g/mol. The van der Waals surface area contributed by atoms with Crippen molar-refractivity contribution >= 4 is 17.7 Å². The summed E-state index contributed by atoms with van der Waals surface area (Å²) in [6.07, 6.45) is -5.54. The molecule has 6 atom stereocenters. The molecule has 0 aromatic heterocycles. The number of thioether (sulfide) groups is 1. The van der Waals surface area contributed by atoms with Gasteiger partial charge in [-0.05, 0) is 6.92 Å². The van der Waals surface area contributed by atoms with Crippen LogP contribution >= 0.6 is 11.8 Å². The second-order valence-electron chi connectivity index (χ2n) is 4.02. The lowest BCUT2D eigenvalue weighted by Crippen LogP contribution is -2.51. The second-order valence-corrected chi connectivity index (χ2v) is 5.20. The molecule has 1 fully saturated rings. The van der Waals surface area contributed by atoms with Crippen LogP contribution in [0.1, 0.15) is 6.92 Å². The summed E-state index contributed by atoms with van der Waals surface area (Å²) in [5.74, 6) is -0.757. The van der Waals surface area contributed by atoms with Gasteiger partial charge in [-0.25, -0.2) is 0 Å². The van der Waals surface area contributed by atoms with Crippen LogP contribution in [0.4, 0.5) is 0 Å². The fourth-order valence-corrected chi connectivity index (χ4v) is 2.76. The summed E-state index contributed by atoms with van der Waals surface area (Å²) in [6, 6.07) is -0.782. The molecular formula is C9H17NO6S. The van der Waals surface area contributed by atoms with Crippen molar-refractivity contribution in [2.75, 3.05) is 5.75 Å². The third-order valence-electron chi connectivity index (χ3n) is 2.61. The lowest BCUT2D eigenvalue weighted by atomic mass is 10.0. The van der Waals surface area contributed by atoms with Gasteiger partial charge < -0.3 is 25.5 Å². The highest BCUT2D eigenvalue weighted by atomic mass is 32.2. The third kappa shape index (κ3) is 3.54. The highest BCUT2D eigenvalue weighted by Crippen LogP contribution is 2.24. The van der Waals surface area contributed by atoms with Gasteiger partial charge in [0.2, 0.25) is 0 Å². The largest absolute Gasteiger partial charge is 0.480 e. The average molecular weight is 267 g/mol. The molecule has 1 aliphatic heterocycles. The van der Waals surface area contributed by atoms with Gasteiger partial charge >= 0.3 is 5.97 Å². The van der Waals surface area contributed by atoms with Crippen LogP contribution in [0.25, 0.3) is 0 Å². The highest BCUT2D eigenvalue weighted by Gasteiger charge is 2.39. The van der Waals surface area contributed by atoms with Crippen molar-refractivity contribution in [2.45, 2.75) is 42.8 Å². The Kier molecular flexibility index (Phi) is 5.17. The van der Waals surface area contributed by atoms with Crippen LogP contribution < -0.4 is 5.32 Å². The van der Waals surface area contributed by atoms with Crippen LogP contribution in [-0.2, 0) is 4.79 Å². The van der Waals surface area contributed by atoms with E-state index in [1.165, 1.54) is 6.92 Å². The molecule has 0 aromatic carbocycles. The van der Waals surface area contributed by atoms with Crippen molar-refractivity contribution in [3.05, 3.63) is 0 Å². The van der Waals surface area contributed by atoms with Crippen LogP contribution in [0.2, 0.25) is 0 Å². The SMILES string of the molecule is C[C@H](O)[C@H](O)[C@H](O)[C@@H](O)[C@H]1N[C@H](C(=O)O)CS1. The molecule has 7 nitrogen and oxygen atoms in total. The first-order chi connectivity index (χ1) is 7.84. The smallest absolute Gasteiger partial charge is 0.321 e. The average Bonchev–Trinajstić information content (AvgIpc) is 2.75. The highest BCUT2D eigenvalue weighted by molar-refractivity contribution is 8.00. The first-order valence-corrected chi connectivity index (χ1v) is 6.22. The predicted molar refractivity (Wildman–Crippen MR) is 60.5 cm³/mol. The first-order valence-electron chi connectivity index (χ1n) is 5.17. The zero-order valence-corrected chi connectivity index (χ0v) is 10.0.